The summed E-state index contributed by atoms with van der Waals surface area (Å²) >= 11 is 0. The molecule has 4 saturated carbocycles. The fourth-order valence-corrected chi connectivity index (χ4v) is 3.62. The molecule has 62 valence electrons. The van der Waals surface area contributed by atoms with Crippen molar-refractivity contribution in [3.63, 3.8) is 0 Å². The summed E-state index contributed by atoms with van der Waals surface area (Å²) in [6, 6.07) is 0.582. The van der Waals surface area contributed by atoms with Crippen LogP contribution < -0.4 is 5.73 Å². The largest absolute Gasteiger partial charge is 0.327 e. The van der Waals surface area contributed by atoms with Crippen LogP contribution >= 0.6 is 0 Å². The van der Waals surface area contributed by atoms with Crippen molar-refractivity contribution in [2.24, 2.45) is 29.4 Å². The molecule has 3 atom stereocenters. The van der Waals surface area contributed by atoms with Gasteiger partial charge in [0, 0.05) is 6.04 Å². The smallest absolute Gasteiger partial charge is 0.00959 e. The third-order valence-corrected chi connectivity index (χ3v) is 4.48. The highest BCUT2D eigenvalue weighted by atomic mass is 14.7. The van der Waals surface area contributed by atoms with Gasteiger partial charge < -0.3 is 5.73 Å². The van der Waals surface area contributed by atoms with Crippen molar-refractivity contribution in [1.29, 1.82) is 0 Å². The Hall–Kier alpha value is -0.0400. The quantitative estimate of drug-likeness (QED) is 0.561. The lowest BCUT2D eigenvalue weighted by Gasteiger charge is -2.41. The van der Waals surface area contributed by atoms with E-state index < -0.39 is 0 Å². The van der Waals surface area contributed by atoms with Gasteiger partial charge >= 0.3 is 0 Å². The van der Waals surface area contributed by atoms with Gasteiger partial charge in [-0.05, 0) is 55.8 Å². The molecule has 11 heavy (non-hydrogen) atoms. The minimum Gasteiger partial charge on any atom is -0.327 e. The third kappa shape index (κ3) is 0.752. The van der Waals surface area contributed by atoms with Gasteiger partial charge in [-0.3, -0.25) is 0 Å². The third-order valence-electron chi connectivity index (χ3n) is 4.48. The van der Waals surface area contributed by atoms with Gasteiger partial charge in [0.1, 0.15) is 0 Å². The normalized spacial score (nSPS) is 60.3. The van der Waals surface area contributed by atoms with Crippen molar-refractivity contribution >= 4 is 0 Å². The molecule has 0 aliphatic heterocycles. The van der Waals surface area contributed by atoms with Crippen LogP contribution in [0.3, 0.4) is 0 Å². The van der Waals surface area contributed by atoms with Crippen molar-refractivity contribution in [3.8, 4) is 0 Å². The highest BCUT2D eigenvalue weighted by Crippen LogP contribution is 2.54. The first kappa shape index (κ1) is 6.47. The van der Waals surface area contributed by atoms with Crippen LogP contribution in [0.5, 0.6) is 0 Å². The zero-order valence-electron chi connectivity index (χ0n) is 7.00. The van der Waals surface area contributed by atoms with Gasteiger partial charge in [0.25, 0.3) is 0 Å². The molecule has 2 unspecified atom stereocenters. The van der Waals surface area contributed by atoms with Crippen LogP contribution in [0.2, 0.25) is 0 Å². The average Bonchev–Trinajstić information content (AvgIpc) is 2.22. The molecule has 4 rings (SSSR count). The van der Waals surface area contributed by atoms with E-state index in [0.29, 0.717) is 6.04 Å². The molecular weight excluding hydrogens is 134 g/mol. The number of rotatable bonds is 0. The molecule has 0 spiro atoms. The first-order valence-electron chi connectivity index (χ1n) is 5.10. The van der Waals surface area contributed by atoms with Gasteiger partial charge in [0.15, 0.2) is 0 Å². The maximum absolute atomic E-state index is 6.20. The van der Waals surface area contributed by atoms with E-state index in [4.69, 9.17) is 5.73 Å². The Bertz CT molecular complexity index is 170. The summed E-state index contributed by atoms with van der Waals surface area (Å²) in [5.74, 6) is 4.02. The summed E-state index contributed by atoms with van der Waals surface area (Å²) < 4.78 is 0. The summed E-state index contributed by atoms with van der Waals surface area (Å²) in [5, 5.41) is 0. The summed E-state index contributed by atoms with van der Waals surface area (Å²) in [5.41, 5.74) is 6.20. The minimum absolute atomic E-state index is 0.582. The molecule has 0 heterocycles. The Kier molecular flexibility index (Phi) is 1.18. The predicted octanol–water partition coefficient (Wildman–Crippen LogP) is 1.77. The van der Waals surface area contributed by atoms with Crippen LogP contribution in [0.15, 0.2) is 0 Å². The Balaban J connectivity index is 1.89. The van der Waals surface area contributed by atoms with Crippen LogP contribution in [-0.4, -0.2) is 6.04 Å². The van der Waals surface area contributed by atoms with Crippen LogP contribution in [0.25, 0.3) is 0 Å². The number of hydrogen-bond donors (Lipinski definition) is 1. The van der Waals surface area contributed by atoms with Crippen LogP contribution in [0, 0.1) is 23.7 Å². The lowest BCUT2D eigenvalue weighted by atomic mass is 9.66. The summed E-state index contributed by atoms with van der Waals surface area (Å²) in [6.07, 6.45) is 7.36. The molecule has 0 amide bonds. The van der Waals surface area contributed by atoms with E-state index in [9.17, 15) is 0 Å². The van der Waals surface area contributed by atoms with Crippen molar-refractivity contribution in [2.75, 3.05) is 0 Å². The number of hydrogen-bond acceptors (Lipinski definition) is 1. The molecule has 4 fully saturated rings. The second-order valence-corrected chi connectivity index (χ2v) is 4.90. The number of nitrogens with two attached hydrogens (primary N) is 1. The van der Waals surface area contributed by atoms with Gasteiger partial charge in [-0.2, -0.15) is 0 Å². The van der Waals surface area contributed by atoms with Crippen molar-refractivity contribution in [1.82, 2.24) is 0 Å². The summed E-state index contributed by atoms with van der Waals surface area (Å²) in [6.45, 7) is 0. The Labute approximate surface area is 68.3 Å². The fourth-order valence-electron chi connectivity index (χ4n) is 3.62. The van der Waals surface area contributed by atoms with Crippen LogP contribution in [0.4, 0.5) is 0 Å². The van der Waals surface area contributed by atoms with Gasteiger partial charge in [0.2, 0.25) is 0 Å². The van der Waals surface area contributed by atoms with E-state index in [1.807, 2.05) is 0 Å². The Morgan fingerprint density at radius 1 is 0.727 bits per heavy atom. The fraction of sp³-hybridized carbons (Fsp3) is 1.00. The lowest BCUT2D eigenvalue weighted by molar-refractivity contribution is 0.114. The topological polar surface area (TPSA) is 26.0 Å². The van der Waals surface area contributed by atoms with Crippen LogP contribution in [-0.2, 0) is 0 Å². The van der Waals surface area contributed by atoms with E-state index in [-0.39, 0.29) is 0 Å². The second-order valence-electron chi connectivity index (χ2n) is 4.90. The molecule has 4 aliphatic rings. The molecule has 0 aromatic heterocycles. The molecule has 1 nitrogen and oxygen atoms in total. The van der Waals surface area contributed by atoms with E-state index in [0.717, 1.165) is 23.7 Å². The maximum Gasteiger partial charge on any atom is 0.00959 e. The molecule has 4 aliphatic carbocycles. The molecule has 0 aromatic carbocycles. The SMILES string of the molecule is N[C@H]1C2CCC(C2)C2CC1C2. The van der Waals surface area contributed by atoms with E-state index >= 15 is 0 Å². The van der Waals surface area contributed by atoms with Gasteiger partial charge in [-0.25, -0.2) is 0 Å². The van der Waals surface area contributed by atoms with Gasteiger partial charge in [0.05, 0.1) is 0 Å². The molecule has 2 N–H and O–H groups in total. The Morgan fingerprint density at radius 2 is 1.36 bits per heavy atom. The average molecular weight is 151 g/mol. The molecular formula is C10H17N. The molecule has 0 saturated heterocycles. The van der Waals surface area contributed by atoms with Gasteiger partial charge in [-0.15, -0.1) is 0 Å². The summed E-state index contributed by atoms with van der Waals surface area (Å²) in [7, 11) is 0. The first-order chi connectivity index (χ1) is 5.34. The molecule has 1 heteroatoms. The van der Waals surface area contributed by atoms with Crippen LogP contribution in [0.1, 0.15) is 32.1 Å². The van der Waals surface area contributed by atoms with Crippen molar-refractivity contribution in [3.05, 3.63) is 0 Å². The maximum atomic E-state index is 6.20. The van der Waals surface area contributed by atoms with Crippen molar-refractivity contribution in [2.45, 2.75) is 38.1 Å². The first-order valence-corrected chi connectivity index (χ1v) is 5.10. The molecule has 4 bridgehead atoms. The van der Waals surface area contributed by atoms with Gasteiger partial charge in [-0.1, -0.05) is 0 Å². The lowest BCUT2D eigenvalue weighted by Crippen LogP contribution is -2.42. The Morgan fingerprint density at radius 3 is 2.18 bits per heavy atom. The minimum atomic E-state index is 0.582. The predicted molar refractivity (Wildman–Crippen MR) is 45.0 cm³/mol. The zero-order chi connectivity index (χ0) is 7.42. The highest BCUT2D eigenvalue weighted by Gasteiger charge is 2.48. The zero-order valence-corrected chi connectivity index (χ0v) is 7.00. The van der Waals surface area contributed by atoms with E-state index in [2.05, 4.69) is 0 Å². The van der Waals surface area contributed by atoms with Crippen molar-refractivity contribution < 1.29 is 0 Å². The second kappa shape index (κ2) is 2.01. The standard InChI is InChI=1S/C10H17N/c11-10-7-2-1-6(3-7)8-4-9(10)5-8/h6-10H,1-5,11H2/t6?,7?,8?,9?,10-/m0/s1. The molecule has 0 radical (unpaired) electrons. The monoisotopic (exact) mass is 151 g/mol. The summed E-state index contributed by atoms with van der Waals surface area (Å²) in [4.78, 5) is 0. The molecule has 0 aromatic rings. The highest BCUT2D eigenvalue weighted by molar-refractivity contribution is 5.01. The van der Waals surface area contributed by atoms with E-state index in [1.165, 1.54) is 32.1 Å². The van der Waals surface area contributed by atoms with E-state index in [1.54, 1.807) is 0 Å².